The highest BCUT2D eigenvalue weighted by atomic mass is 16.5. The summed E-state index contributed by atoms with van der Waals surface area (Å²) in [6.07, 6.45) is 4.45. The number of hydrogen-bond donors (Lipinski definition) is 0. The van der Waals surface area contributed by atoms with E-state index in [4.69, 9.17) is 4.74 Å². The number of carbonyl (C=O) groups is 1. The van der Waals surface area contributed by atoms with Crippen LogP contribution in [-0.2, 0) is 9.53 Å². The molecule has 1 atom stereocenters. The topological polar surface area (TPSA) is 26.3 Å². The van der Waals surface area contributed by atoms with E-state index in [1.54, 1.807) is 0 Å². The number of rotatable bonds is 3. The zero-order valence-electron chi connectivity index (χ0n) is 13.5. The van der Waals surface area contributed by atoms with Gasteiger partial charge >= 0.3 is 5.97 Å². The zero-order valence-corrected chi connectivity index (χ0v) is 13.5. The molecule has 2 aromatic carbocycles. The molecule has 23 heavy (non-hydrogen) atoms. The molecule has 1 aliphatic carbocycles. The van der Waals surface area contributed by atoms with Crippen molar-refractivity contribution in [3.63, 3.8) is 0 Å². The molecule has 0 bridgehead atoms. The molecule has 1 unspecified atom stereocenters. The highest BCUT2D eigenvalue weighted by molar-refractivity contribution is 5.78. The van der Waals surface area contributed by atoms with E-state index in [2.05, 4.69) is 24.3 Å². The fraction of sp³-hybridized carbons (Fsp3) is 0.286. The summed E-state index contributed by atoms with van der Waals surface area (Å²) >= 11 is 0. The van der Waals surface area contributed by atoms with E-state index in [0.29, 0.717) is 5.92 Å². The first-order chi connectivity index (χ1) is 11.3. The molecule has 0 aliphatic heterocycles. The van der Waals surface area contributed by atoms with Crippen LogP contribution in [-0.4, -0.2) is 5.97 Å². The van der Waals surface area contributed by atoms with Crippen LogP contribution in [0.25, 0.3) is 5.76 Å². The minimum absolute atomic E-state index is 0.256. The fourth-order valence-corrected chi connectivity index (χ4v) is 3.38. The van der Waals surface area contributed by atoms with E-state index >= 15 is 0 Å². The summed E-state index contributed by atoms with van der Waals surface area (Å²) < 4.78 is 5.67. The quantitative estimate of drug-likeness (QED) is 0.567. The first-order valence-electron chi connectivity index (χ1n) is 8.27. The van der Waals surface area contributed by atoms with E-state index in [1.165, 1.54) is 24.5 Å². The Labute approximate surface area is 137 Å². The van der Waals surface area contributed by atoms with Crippen LogP contribution in [0, 0.1) is 0 Å². The molecule has 2 aromatic rings. The van der Waals surface area contributed by atoms with Crippen molar-refractivity contribution < 1.29 is 9.53 Å². The molecule has 0 N–H and O–H groups in total. The van der Waals surface area contributed by atoms with Crippen molar-refractivity contribution in [2.24, 2.45) is 0 Å². The number of ether oxygens (including phenoxy) is 1. The Morgan fingerprint density at radius 2 is 1.61 bits per heavy atom. The maximum atomic E-state index is 11.7. The van der Waals surface area contributed by atoms with Crippen LogP contribution < -0.4 is 0 Å². The van der Waals surface area contributed by atoms with Gasteiger partial charge in [-0.1, -0.05) is 67.1 Å². The van der Waals surface area contributed by atoms with Gasteiger partial charge in [-0.25, -0.2) is 0 Å². The second-order valence-corrected chi connectivity index (χ2v) is 6.02. The van der Waals surface area contributed by atoms with Crippen molar-refractivity contribution in [2.75, 3.05) is 0 Å². The Kier molecular flexibility index (Phi) is 4.92. The summed E-state index contributed by atoms with van der Waals surface area (Å²) in [5.41, 5.74) is 3.55. The van der Waals surface area contributed by atoms with Gasteiger partial charge in [-0.3, -0.25) is 4.79 Å². The molecule has 2 heteroatoms. The van der Waals surface area contributed by atoms with Crippen molar-refractivity contribution in [1.29, 1.82) is 0 Å². The van der Waals surface area contributed by atoms with Crippen LogP contribution in [0.4, 0.5) is 0 Å². The Balaban J connectivity index is 2.09. The van der Waals surface area contributed by atoms with Crippen molar-refractivity contribution in [3.8, 4) is 0 Å². The van der Waals surface area contributed by atoms with Crippen LogP contribution >= 0.6 is 0 Å². The molecule has 1 fully saturated rings. The molecular formula is C21H22O2. The number of hydrogen-bond acceptors (Lipinski definition) is 2. The van der Waals surface area contributed by atoms with Gasteiger partial charge in [-0.15, -0.1) is 0 Å². The summed E-state index contributed by atoms with van der Waals surface area (Å²) in [7, 11) is 0. The second kappa shape index (κ2) is 7.28. The number of carbonyl (C=O) groups excluding carboxylic acids is 1. The van der Waals surface area contributed by atoms with E-state index in [1.807, 2.05) is 36.4 Å². The summed E-state index contributed by atoms with van der Waals surface area (Å²) in [6, 6.07) is 20.5. The minimum Gasteiger partial charge on any atom is -0.426 e. The van der Waals surface area contributed by atoms with Gasteiger partial charge in [0, 0.05) is 18.4 Å². The van der Waals surface area contributed by atoms with Gasteiger partial charge < -0.3 is 4.74 Å². The van der Waals surface area contributed by atoms with Crippen molar-refractivity contribution in [1.82, 2.24) is 0 Å². The monoisotopic (exact) mass is 306 g/mol. The second-order valence-electron chi connectivity index (χ2n) is 6.02. The minimum atomic E-state index is -0.256. The smallest absolute Gasteiger partial charge is 0.308 e. The third-order valence-corrected chi connectivity index (χ3v) is 4.38. The molecular weight excluding hydrogens is 284 g/mol. The third-order valence-electron chi connectivity index (χ3n) is 4.38. The van der Waals surface area contributed by atoms with Crippen molar-refractivity contribution in [3.05, 3.63) is 77.4 Å². The van der Waals surface area contributed by atoms with Gasteiger partial charge in [0.05, 0.1) is 0 Å². The summed E-state index contributed by atoms with van der Waals surface area (Å²) in [5, 5.41) is 0. The molecule has 0 aromatic heterocycles. The molecule has 0 heterocycles. The maximum Gasteiger partial charge on any atom is 0.308 e. The Morgan fingerprint density at radius 3 is 2.26 bits per heavy atom. The highest BCUT2D eigenvalue weighted by Crippen LogP contribution is 2.41. The standard InChI is InChI=1S/C21H22O2/c1-16(22)23-21(18-12-6-3-7-13-18)20-15-9-8-14-19(20)17-10-4-2-5-11-17/h2-7,10-13,19H,8-9,14-15H2,1H3. The molecule has 1 aliphatic rings. The van der Waals surface area contributed by atoms with Crippen LogP contribution in [0.3, 0.4) is 0 Å². The van der Waals surface area contributed by atoms with Crippen LogP contribution in [0.15, 0.2) is 66.2 Å². The maximum absolute atomic E-state index is 11.7. The van der Waals surface area contributed by atoms with Crippen LogP contribution in [0.5, 0.6) is 0 Å². The number of esters is 1. The van der Waals surface area contributed by atoms with E-state index < -0.39 is 0 Å². The predicted octanol–water partition coefficient (Wildman–Crippen LogP) is 5.32. The predicted molar refractivity (Wildman–Crippen MR) is 92.8 cm³/mol. The lowest BCUT2D eigenvalue weighted by atomic mass is 9.78. The van der Waals surface area contributed by atoms with Gasteiger partial charge in [0.2, 0.25) is 0 Å². The Bertz CT molecular complexity index is 686. The SMILES string of the molecule is CC(=O)OC(=C1CCCCC1c1ccccc1)c1ccccc1. The average Bonchev–Trinajstić information content (AvgIpc) is 2.61. The number of allylic oxidation sites excluding steroid dienone is 1. The summed E-state index contributed by atoms with van der Waals surface area (Å²) in [6.45, 7) is 1.48. The highest BCUT2D eigenvalue weighted by Gasteiger charge is 2.26. The first-order valence-corrected chi connectivity index (χ1v) is 8.27. The molecule has 3 rings (SSSR count). The molecule has 0 spiro atoms. The fourth-order valence-electron chi connectivity index (χ4n) is 3.38. The van der Waals surface area contributed by atoms with Gasteiger partial charge in [-0.05, 0) is 30.4 Å². The molecule has 1 saturated carbocycles. The molecule has 0 radical (unpaired) electrons. The lowest BCUT2D eigenvalue weighted by Gasteiger charge is -2.28. The lowest BCUT2D eigenvalue weighted by Crippen LogP contribution is -2.13. The van der Waals surface area contributed by atoms with E-state index in [9.17, 15) is 4.79 Å². The lowest BCUT2D eigenvalue weighted by molar-refractivity contribution is -0.134. The first kappa shape index (κ1) is 15.5. The summed E-state index contributed by atoms with van der Waals surface area (Å²) in [4.78, 5) is 11.7. The van der Waals surface area contributed by atoms with Gasteiger partial charge in [0.15, 0.2) is 0 Å². The average molecular weight is 306 g/mol. The summed E-state index contributed by atoms with van der Waals surface area (Å²) in [5.74, 6) is 0.833. The molecule has 118 valence electrons. The van der Waals surface area contributed by atoms with Crippen molar-refractivity contribution >= 4 is 11.7 Å². The van der Waals surface area contributed by atoms with E-state index in [0.717, 1.165) is 30.6 Å². The van der Waals surface area contributed by atoms with Gasteiger partial charge in [0.1, 0.15) is 5.76 Å². The normalized spacial score (nSPS) is 20.0. The molecule has 2 nitrogen and oxygen atoms in total. The molecule has 0 saturated heterocycles. The Hall–Kier alpha value is -2.35. The van der Waals surface area contributed by atoms with E-state index in [-0.39, 0.29) is 5.97 Å². The largest absolute Gasteiger partial charge is 0.426 e. The van der Waals surface area contributed by atoms with Crippen LogP contribution in [0.1, 0.15) is 49.7 Å². The van der Waals surface area contributed by atoms with Gasteiger partial charge in [0.25, 0.3) is 0 Å². The zero-order chi connectivity index (χ0) is 16.1. The van der Waals surface area contributed by atoms with Gasteiger partial charge in [-0.2, -0.15) is 0 Å². The molecule has 0 amide bonds. The van der Waals surface area contributed by atoms with Crippen LogP contribution in [0.2, 0.25) is 0 Å². The Morgan fingerprint density at radius 1 is 0.957 bits per heavy atom. The number of benzene rings is 2. The third kappa shape index (κ3) is 3.70. The van der Waals surface area contributed by atoms with Crippen molar-refractivity contribution in [2.45, 2.75) is 38.5 Å².